The smallest absolute Gasteiger partial charge is 0.166 e. The average Bonchev–Trinajstić information content (AvgIpc) is 2.68. The molecule has 0 radical (unpaired) electrons. The predicted molar refractivity (Wildman–Crippen MR) is 106 cm³/mol. The Morgan fingerprint density at radius 3 is 2.46 bits per heavy atom. The summed E-state index contributed by atoms with van der Waals surface area (Å²) in [7, 11) is 1.67. The minimum Gasteiger partial charge on any atom is -1.00 e. The molecule has 2 aromatic rings. The number of benzene rings is 2. The van der Waals surface area contributed by atoms with E-state index in [9.17, 15) is 0 Å². The van der Waals surface area contributed by atoms with Gasteiger partial charge in [0.25, 0.3) is 0 Å². The molecule has 1 saturated heterocycles. The van der Waals surface area contributed by atoms with Gasteiger partial charge in [-0.05, 0) is 50.5 Å². The van der Waals surface area contributed by atoms with Gasteiger partial charge in [-0.2, -0.15) is 0 Å². The Morgan fingerprint density at radius 1 is 1.04 bits per heavy atom. The molecule has 0 unspecified atom stereocenters. The van der Waals surface area contributed by atoms with E-state index in [4.69, 9.17) is 21.1 Å². The van der Waals surface area contributed by atoms with Gasteiger partial charge < -0.3 is 44.9 Å². The molecule has 0 aliphatic carbocycles. The van der Waals surface area contributed by atoms with Gasteiger partial charge in [0.1, 0.15) is 6.61 Å². The van der Waals surface area contributed by atoms with Crippen LogP contribution >= 0.6 is 11.6 Å². The molecule has 0 amide bonds. The monoisotopic (exact) mass is 444 g/mol. The SMILES string of the molecule is COc1cccc(CNCC2CCNCC2)c1OCc1ccccc1Cl.[Cl-].[Cl-]. The van der Waals surface area contributed by atoms with Gasteiger partial charge in [-0.15, -0.1) is 0 Å². The van der Waals surface area contributed by atoms with E-state index in [-0.39, 0.29) is 24.8 Å². The van der Waals surface area contributed by atoms with Gasteiger partial charge in [0, 0.05) is 22.7 Å². The van der Waals surface area contributed by atoms with Crippen LogP contribution in [0.3, 0.4) is 0 Å². The topological polar surface area (TPSA) is 42.5 Å². The van der Waals surface area contributed by atoms with E-state index in [0.29, 0.717) is 11.6 Å². The predicted octanol–water partition coefficient (Wildman–Crippen LogP) is -1.98. The first-order valence-corrected chi connectivity index (χ1v) is 9.59. The van der Waals surface area contributed by atoms with E-state index in [0.717, 1.165) is 54.7 Å². The van der Waals surface area contributed by atoms with Gasteiger partial charge in [-0.25, -0.2) is 0 Å². The lowest BCUT2D eigenvalue weighted by Crippen LogP contribution is -3.00. The summed E-state index contributed by atoms with van der Waals surface area (Å²) >= 11 is 6.24. The zero-order valence-corrected chi connectivity index (χ0v) is 18.3. The summed E-state index contributed by atoms with van der Waals surface area (Å²) in [6.45, 7) is 4.46. The van der Waals surface area contributed by atoms with Crippen molar-refractivity contribution in [2.24, 2.45) is 5.92 Å². The number of hydrogen-bond donors (Lipinski definition) is 2. The molecule has 7 heteroatoms. The Balaban J connectivity index is 0.00000196. The lowest BCUT2D eigenvalue weighted by molar-refractivity contribution is -0.001000. The molecular formula is C21H27Cl3N2O2-2. The summed E-state index contributed by atoms with van der Waals surface area (Å²) in [4.78, 5) is 0. The zero-order chi connectivity index (χ0) is 18.2. The number of hydrogen-bond acceptors (Lipinski definition) is 4. The van der Waals surface area contributed by atoms with Crippen LogP contribution in [0.2, 0.25) is 5.02 Å². The highest BCUT2D eigenvalue weighted by molar-refractivity contribution is 6.31. The minimum absolute atomic E-state index is 0. The highest BCUT2D eigenvalue weighted by Crippen LogP contribution is 2.32. The van der Waals surface area contributed by atoms with Crippen molar-refractivity contribution in [2.45, 2.75) is 26.0 Å². The third-order valence-corrected chi connectivity index (χ3v) is 5.19. The van der Waals surface area contributed by atoms with Crippen molar-refractivity contribution in [1.82, 2.24) is 10.6 Å². The Morgan fingerprint density at radius 2 is 1.75 bits per heavy atom. The molecule has 0 aromatic heterocycles. The van der Waals surface area contributed by atoms with Crippen molar-refractivity contribution in [1.29, 1.82) is 0 Å². The van der Waals surface area contributed by atoms with E-state index >= 15 is 0 Å². The van der Waals surface area contributed by atoms with E-state index in [1.54, 1.807) is 7.11 Å². The first kappa shape index (κ1) is 24.9. The third-order valence-electron chi connectivity index (χ3n) is 4.82. The van der Waals surface area contributed by atoms with Gasteiger partial charge in [-0.3, -0.25) is 0 Å². The highest BCUT2D eigenvalue weighted by Gasteiger charge is 2.14. The fourth-order valence-electron chi connectivity index (χ4n) is 3.29. The van der Waals surface area contributed by atoms with Gasteiger partial charge in [0.2, 0.25) is 0 Å². The number of ether oxygens (including phenoxy) is 2. The second-order valence-electron chi connectivity index (χ2n) is 6.65. The molecule has 4 nitrogen and oxygen atoms in total. The highest BCUT2D eigenvalue weighted by atomic mass is 35.5. The number of rotatable bonds is 8. The lowest BCUT2D eigenvalue weighted by atomic mass is 9.98. The number of methoxy groups -OCH3 is 1. The third kappa shape index (κ3) is 7.02. The van der Waals surface area contributed by atoms with Gasteiger partial charge in [-0.1, -0.05) is 41.9 Å². The van der Waals surface area contributed by atoms with Crippen molar-refractivity contribution < 1.29 is 34.3 Å². The first-order valence-electron chi connectivity index (χ1n) is 9.21. The number of halogens is 3. The number of piperidine rings is 1. The van der Waals surface area contributed by atoms with Crippen LogP contribution in [0, 0.1) is 5.92 Å². The summed E-state index contributed by atoms with van der Waals surface area (Å²) in [5.74, 6) is 2.28. The molecule has 1 heterocycles. The molecule has 3 rings (SSSR count). The summed E-state index contributed by atoms with van der Waals surface area (Å²) in [5, 5.41) is 7.71. The molecule has 2 N–H and O–H groups in total. The van der Waals surface area contributed by atoms with E-state index in [2.05, 4.69) is 16.7 Å². The van der Waals surface area contributed by atoms with Crippen LogP contribution in [-0.2, 0) is 13.2 Å². The van der Waals surface area contributed by atoms with E-state index in [1.165, 1.54) is 12.8 Å². The molecule has 1 fully saturated rings. The molecule has 1 aliphatic heterocycles. The average molecular weight is 446 g/mol. The normalized spacial score (nSPS) is 13.9. The lowest BCUT2D eigenvalue weighted by Gasteiger charge is -2.23. The Labute approximate surface area is 185 Å². The van der Waals surface area contributed by atoms with Crippen molar-refractivity contribution in [3.8, 4) is 11.5 Å². The molecule has 156 valence electrons. The maximum atomic E-state index is 6.24. The zero-order valence-electron chi connectivity index (χ0n) is 16.0. The van der Waals surface area contributed by atoms with Crippen LogP contribution in [0.25, 0.3) is 0 Å². The second kappa shape index (κ2) is 13.1. The Hall–Kier alpha value is -1.17. The maximum absolute atomic E-state index is 6.24. The number of nitrogens with one attached hydrogen (secondary N) is 2. The fraction of sp³-hybridized carbons (Fsp3) is 0.429. The van der Waals surface area contributed by atoms with Crippen LogP contribution in [-0.4, -0.2) is 26.7 Å². The quantitative estimate of drug-likeness (QED) is 0.495. The maximum Gasteiger partial charge on any atom is 0.166 e. The van der Waals surface area contributed by atoms with Gasteiger partial charge in [0.05, 0.1) is 7.11 Å². The second-order valence-corrected chi connectivity index (χ2v) is 7.06. The van der Waals surface area contributed by atoms with Crippen molar-refractivity contribution >= 4 is 11.6 Å². The van der Waals surface area contributed by atoms with Crippen molar-refractivity contribution in [3.63, 3.8) is 0 Å². The molecular weight excluding hydrogens is 419 g/mol. The standard InChI is InChI=1S/C21H27ClN2O2.2ClH/c1-25-20-8-4-6-17(14-24-13-16-9-11-23-12-10-16)21(20)26-15-18-5-2-3-7-19(18)22;;/h2-8,16,23-24H,9-15H2,1H3;2*1H/p-2. The van der Waals surface area contributed by atoms with E-state index in [1.807, 2.05) is 36.4 Å². The Bertz CT molecular complexity index is 710. The van der Waals surface area contributed by atoms with Crippen LogP contribution in [0.5, 0.6) is 11.5 Å². The molecule has 0 spiro atoms. The molecule has 0 atom stereocenters. The summed E-state index contributed by atoms with van der Waals surface area (Å²) in [5.41, 5.74) is 2.07. The van der Waals surface area contributed by atoms with Crippen LogP contribution in [0.1, 0.15) is 24.0 Å². The summed E-state index contributed by atoms with van der Waals surface area (Å²) < 4.78 is 11.6. The first-order chi connectivity index (χ1) is 12.8. The minimum atomic E-state index is 0. The van der Waals surface area contributed by atoms with Gasteiger partial charge >= 0.3 is 0 Å². The largest absolute Gasteiger partial charge is 1.00 e. The molecule has 2 aromatic carbocycles. The van der Waals surface area contributed by atoms with Crippen LogP contribution in [0.15, 0.2) is 42.5 Å². The fourth-order valence-corrected chi connectivity index (χ4v) is 3.48. The molecule has 0 bridgehead atoms. The summed E-state index contributed by atoms with van der Waals surface area (Å²) in [6, 6.07) is 13.8. The molecule has 28 heavy (non-hydrogen) atoms. The number of para-hydroxylation sites is 1. The molecule has 1 aliphatic rings. The van der Waals surface area contributed by atoms with E-state index < -0.39 is 0 Å². The van der Waals surface area contributed by atoms with Gasteiger partial charge in [0.15, 0.2) is 11.5 Å². The van der Waals surface area contributed by atoms with Crippen LogP contribution < -0.4 is 44.9 Å². The van der Waals surface area contributed by atoms with Crippen LogP contribution in [0.4, 0.5) is 0 Å². The Kier molecular flexibility index (Phi) is 11.7. The summed E-state index contributed by atoms with van der Waals surface area (Å²) in [6.07, 6.45) is 2.47. The van der Waals surface area contributed by atoms with Crippen molar-refractivity contribution in [2.75, 3.05) is 26.7 Å². The van der Waals surface area contributed by atoms with Crippen molar-refractivity contribution in [3.05, 3.63) is 58.6 Å². The molecule has 0 saturated carbocycles.